The molecule has 0 atom stereocenters. The largest absolute Gasteiger partial charge is 0.489 e. The lowest BCUT2D eigenvalue weighted by molar-refractivity contribution is 0.306. The van der Waals surface area contributed by atoms with Gasteiger partial charge in [0, 0.05) is 20.1 Å². The van der Waals surface area contributed by atoms with Crippen molar-refractivity contribution in [3.63, 3.8) is 0 Å². The second-order valence-electron chi connectivity index (χ2n) is 6.10. The van der Waals surface area contributed by atoms with E-state index in [0.717, 1.165) is 31.0 Å². The Morgan fingerprint density at radius 3 is 2.79 bits per heavy atom. The van der Waals surface area contributed by atoms with Crippen LogP contribution in [0, 0.1) is 0 Å². The van der Waals surface area contributed by atoms with Crippen LogP contribution in [0.4, 0.5) is 5.95 Å². The van der Waals surface area contributed by atoms with E-state index < -0.39 is 0 Å². The molecule has 3 aromatic rings. The molecule has 0 N–H and O–H groups in total. The minimum Gasteiger partial charge on any atom is -0.489 e. The summed E-state index contributed by atoms with van der Waals surface area (Å²) in [6.45, 7) is 2.13. The molecule has 1 aliphatic heterocycles. The summed E-state index contributed by atoms with van der Waals surface area (Å²) >= 11 is 0. The Morgan fingerprint density at radius 2 is 1.96 bits per heavy atom. The Labute approximate surface area is 140 Å². The molecule has 0 spiro atoms. The molecule has 0 radical (unpaired) electrons. The number of anilines is 1. The molecule has 0 aliphatic carbocycles. The molecule has 1 aliphatic rings. The van der Waals surface area contributed by atoms with Gasteiger partial charge in [-0.15, -0.1) is 0 Å². The molecule has 1 aromatic heterocycles. The standard InChI is InChI=1S/C19H19N3O2/c1-21-10-5-11-22-18(23)16-12-15(8-9-17(16)20-19(21)22)24-13-14-6-3-2-4-7-14/h2-4,6-9,12H,5,10-11,13H2,1H3. The topological polar surface area (TPSA) is 47.4 Å². The lowest BCUT2D eigenvalue weighted by atomic mass is 10.2. The monoisotopic (exact) mass is 321 g/mol. The number of hydrogen-bond donors (Lipinski definition) is 0. The van der Waals surface area contributed by atoms with Crippen molar-refractivity contribution < 1.29 is 4.74 Å². The highest BCUT2D eigenvalue weighted by molar-refractivity contribution is 5.80. The summed E-state index contributed by atoms with van der Waals surface area (Å²) in [4.78, 5) is 19.5. The Balaban J connectivity index is 1.69. The van der Waals surface area contributed by atoms with Crippen molar-refractivity contribution in [3.8, 4) is 5.75 Å². The first-order chi connectivity index (χ1) is 11.7. The van der Waals surface area contributed by atoms with Crippen molar-refractivity contribution in [1.29, 1.82) is 0 Å². The quantitative estimate of drug-likeness (QED) is 0.744. The Bertz CT molecular complexity index is 934. The summed E-state index contributed by atoms with van der Waals surface area (Å²) in [5.41, 5.74) is 1.82. The van der Waals surface area contributed by atoms with Crippen molar-refractivity contribution in [2.24, 2.45) is 0 Å². The van der Waals surface area contributed by atoms with Crippen LogP contribution in [0.1, 0.15) is 12.0 Å². The first-order valence-corrected chi connectivity index (χ1v) is 8.15. The second-order valence-corrected chi connectivity index (χ2v) is 6.10. The van der Waals surface area contributed by atoms with Crippen LogP contribution in [0.2, 0.25) is 0 Å². The third-order valence-electron chi connectivity index (χ3n) is 4.37. The van der Waals surface area contributed by atoms with Gasteiger partial charge in [-0.25, -0.2) is 4.98 Å². The van der Waals surface area contributed by atoms with Crippen LogP contribution in [0.25, 0.3) is 10.9 Å². The predicted molar refractivity (Wildman–Crippen MR) is 94.7 cm³/mol. The Morgan fingerprint density at radius 1 is 1.12 bits per heavy atom. The van der Waals surface area contributed by atoms with Gasteiger partial charge in [0.2, 0.25) is 5.95 Å². The fourth-order valence-corrected chi connectivity index (χ4v) is 3.08. The molecule has 122 valence electrons. The molecule has 0 saturated carbocycles. The van der Waals surface area contributed by atoms with Crippen molar-refractivity contribution in [2.75, 3.05) is 18.5 Å². The number of hydrogen-bond acceptors (Lipinski definition) is 4. The maximum Gasteiger partial charge on any atom is 0.262 e. The Hall–Kier alpha value is -2.82. The lowest BCUT2D eigenvalue weighted by Crippen LogP contribution is -2.36. The van der Waals surface area contributed by atoms with Crippen LogP contribution in [0.5, 0.6) is 5.75 Å². The minimum absolute atomic E-state index is 0.00621. The first kappa shape index (κ1) is 14.8. The average molecular weight is 321 g/mol. The molecule has 5 nitrogen and oxygen atoms in total. The summed E-state index contributed by atoms with van der Waals surface area (Å²) in [6.07, 6.45) is 0.959. The van der Waals surface area contributed by atoms with Crippen LogP contribution in [0.3, 0.4) is 0 Å². The van der Waals surface area contributed by atoms with E-state index in [0.29, 0.717) is 23.3 Å². The normalized spacial score (nSPS) is 13.8. The zero-order valence-electron chi connectivity index (χ0n) is 13.6. The molecule has 2 heterocycles. The summed E-state index contributed by atoms with van der Waals surface area (Å²) in [5.74, 6) is 1.44. The van der Waals surface area contributed by atoms with Crippen molar-refractivity contribution in [1.82, 2.24) is 9.55 Å². The molecule has 0 saturated heterocycles. The van der Waals surface area contributed by atoms with Gasteiger partial charge in [0.05, 0.1) is 10.9 Å². The maximum absolute atomic E-state index is 12.8. The zero-order valence-corrected chi connectivity index (χ0v) is 13.6. The van der Waals surface area contributed by atoms with Gasteiger partial charge < -0.3 is 9.64 Å². The van der Waals surface area contributed by atoms with Gasteiger partial charge in [-0.1, -0.05) is 30.3 Å². The van der Waals surface area contributed by atoms with E-state index in [1.54, 1.807) is 10.6 Å². The van der Waals surface area contributed by atoms with E-state index in [9.17, 15) is 4.79 Å². The molecule has 0 fully saturated rings. The smallest absolute Gasteiger partial charge is 0.262 e. The van der Waals surface area contributed by atoms with Crippen molar-refractivity contribution in [2.45, 2.75) is 19.6 Å². The third-order valence-corrected chi connectivity index (χ3v) is 4.37. The van der Waals surface area contributed by atoms with Crippen LogP contribution in [0.15, 0.2) is 53.3 Å². The van der Waals surface area contributed by atoms with Gasteiger partial charge >= 0.3 is 0 Å². The molecule has 5 heteroatoms. The molecule has 0 unspecified atom stereocenters. The highest BCUT2D eigenvalue weighted by Crippen LogP contribution is 2.22. The van der Waals surface area contributed by atoms with Gasteiger partial charge in [-0.2, -0.15) is 0 Å². The van der Waals surface area contributed by atoms with E-state index in [1.807, 2.05) is 54.4 Å². The van der Waals surface area contributed by atoms with E-state index >= 15 is 0 Å². The molecule has 4 rings (SSSR count). The molecular weight excluding hydrogens is 302 g/mol. The van der Waals surface area contributed by atoms with Gasteiger partial charge in [0.25, 0.3) is 5.56 Å². The summed E-state index contributed by atoms with van der Waals surface area (Å²) in [6, 6.07) is 15.5. The van der Waals surface area contributed by atoms with Crippen LogP contribution in [-0.4, -0.2) is 23.1 Å². The van der Waals surface area contributed by atoms with Gasteiger partial charge in [0.15, 0.2) is 0 Å². The van der Waals surface area contributed by atoms with Crippen LogP contribution < -0.4 is 15.2 Å². The van der Waals surface area contributed by atoms with Crippen LogP contribution >= 0.6 is 0 Å². The second kappa shape index (κ2) is 6.00. The van der Waals surface area contributed by atoms with Gasteiger partial charge in [-0.3, -0.25) is 9.36 Å². The number of nitrogens with zero attached hydrogens (tertiary/aromatic N) is 3. The number of fused-ring (bicyclic) bond motifs is 2. The number of aromatic nitrogens is 2. The average Bonchev–Trinajstić information content (AvgIpc) is 2.62. The fourth-order valence-electron chi connectivity index (χ4n) is 3.08. The summed E-state index contributed by atoms with van der Waals surface area (Å²) in [7, 11) is 1.97. The van der Waals surface area contributed by atoms with Gasteiger partial charge in [-0.05, 0) is 30.2 Å². The summed E-state index contributed by atoms with van der Waals surface area (Å²) < 4.78 is 7.59. The maximum atomic E-state index is 12.8. The molecule has 0 amide bonds. The van der Waals surface area contributed by atoms with Gasteiger partial charge in [0.1, 0.15) is 12.4 Å². The molecular formula is C19H19N3O2. The lowest BCUT2D eigenvalue weighted by Gasteiger charge is -2.27. The molecule has 24 heavy (non-hydrogen) atoms. The molecule has 0 bridgehead atoms. The van der Waals surface area contributed by atoms with Crippen molar-refractivity contribution in [3.05, 3.63) is 64.4 Å². The highest BCUT2D eigenvalue weighted by Gasteiger charge is 2.18. The first-order valence-electron chi connectivity index (χ1n) is 8.15. The number of ether oxygens (including phenoxy) is 1. The van der Waals surface area contributed by atoms with E-state index in [1.165, 1.54) is 0 Å². The fraction of sp³-hybridized carbons (Fsp3) is 0.263. The van der Waals surface area contributed by atoms with E-state index in [2.05, 4.69) is 4.98 Å². The minimum atomic E-state index is 0.00621. The third kappa shape index (κ3) is 2.62. The van der Waals surface area contributed by atoms with Crippen molar-refractivity contribution >= 4 is 16.9 Å². The van der Waals surface area contributed by atoms with E-state index in [-0.39, 0.29) is 5.56 Å². The zero-order chi connectivity index (χ0) is 16.5. The Kier molecular flexibility index (Phi) is 3.69. The van der Waals surface area contributed by atoms with E-state index in [4.69, 9.17) is 4.74 Å². The number of benzene rings is 2. The molecule has 2 aromatic carbocycles. The number of rotatable bonds is 3. The van der Waals surface area contributed by atoms with Crippen LogP contribution in [-0.2, 0) is 13.2 Å². The SMILES string of the molecule is CN1CCCn2c1nc1ccc(OCc3ccccc3)cc1c2=O. The highest BCUT2D eigenvalue weighted by atomic mass is 16.5. The predicted octanol–water partition coefficient (Wildman–Crippen LogP) is 2.82. The summed E-state index contributed by atoms with van der Waals surface area (Å²) in [5, 5.41) is 0.611.